The van der Waals surface area contributed by atoms with Gasteiger partial charge in [-0.05, 0) is 37.3 Å². The molecule has 0 radical (unpaired) electrons. The van der Waals surface area contributed by atoms with Crippen LogP contribution in [0.25, 0.3) is 11.3 Å². The number of benzene rings is 1. The number of fused-ring (bicyclic) bond motifs is 2. The molecule has 148 valence electrons. The van der Waals surface area contributed by atoms with E-state index in [1.807, 2.05) is 30.5 Å². The summed E-state index contributed by atoms with van der Waals surface area (Å²) in [6, 6.07) is 14.3. The summed E-state index contributed by atoms with van der Waals surface area (Å²) in [5.74, 6) is 1.09. The van der Waals surface area contributed by atoms with Crippen LogP contribution >= 0.6 is 0 Å². The maximum Gasteiger partial charge on any atom is 0.315 e. The van der Waals surface area contributed by atoms with Crippen LogP contribution in [0.3, 0.4) is 0 Å². The van der Waals surface area contributed by atoms with Crippen molar-refractivity contribution in [2.75, 3.05) is 0 Å². The van der Waals surface area contributed by atoms with Gasteiger partial charge in [0.2, 0.25) is 0 Å². The van der Waals surface area contributed by atoms with Gasteiger partial charge >= 0.3 is 6.03 Å². The number of hydrogen-bond donors (Lipinski definition) is 2. The molecule has 2 atom stereocenters. The van der Waals surface area contributed by atoms with Crippen LogP contribution in [-0.4, -0.2) is 26.6 Å². The van der Waals surface area contributed by atoms with Crippen LogP contribution < -0.4 is 10.6 Å². The van der Waals surface area contributed by atoms with E-state index < -0.39 is 0 Å². The number of urea groups is 1. The number of rotatable bonds is 3. The summed E-state index contributed by atoms with van der Waals surface area (Å²) in [5.41, 5.74) is 4.39. The molecule has 0 saturated carbocycles. The highest BCUT2D eigenvalue weighted by atomic mass is 16.2. The second-order valence-electron chi connectivity index (χ2n) is 7.90. The molecule has 1 aliphatic carbocycles. The van der Waals surface area contributed by atoms with Crippen molar-refractivity contribution in [3.63, 3.8) is 0 Å². The molecule has 0 saturated heterocycles. The highest BCUT2D eigenvalue weighted by Crippen LogP contribution is 2.28. The van der Waals surface area contributed by atoms with Crippen LogP contribution in [0.15, 0.2) is 54.9 Å². The molecule has 6 heteroatoms. The molecule has 1 aromatic carbocycles. The van der Waals surface area contributed by atoms with Crippen molar-refractivity contribution in [1.29, 1.82) is 0 Å². The molecule has 2 unspecified atom stereocenters. The third kappa shape index (κ3) is 3.75. The van der Waals surface area contributed by atoms with Crippen molar-refractivity contribution in [3.8, 4) is 11.3 Å². The Morgan fingerprint density at radius 3 is 2.83 bits per heavy atom. The molecule has 5 rings (SSSR count). The van der Waals surface area contributed by atoms with Crippen molar-refractivity contribution in [2.45, 2.75) is 50.7 Å². The van der Waals surface area contributed by atoms with Gasteiger partial charge in [-0.3, -0.25) is 4.98 Å². The van der Waals surface area contributed by atoms with Gasteiger partial charge in [-0.15, -0.1) is 0 Å². The van der Waals surface area contributed by atoms with Crippen LogP contribution in [0.1, 0.15) is 42.4 Å². The van der Waals surface area contributed by atoms with Crippen LogP contribution in [0.4, 0.5) is 4.79 Å². The van der Waals surface area contributed by atoms with Gasteiger partial charge in [0.1, 0.15) is 5.82 Å². The fourth-order valence-corrected chi connectivity index (χ4v) is 4.45. The monoisotopic (exact) mass is 387 g/mol. The zero-order chi connectivity index (χ0) is 19.6. The lowest BCUT2D eigenvalue weighted by molar-refractivity contribution is 0.227. The fourth-order valence-electron chi connectivity index (χ4n) is 4.45. The van der Waals surface area contributed by atoms with Gasteiger partial charge in [-0.25, -0.2) is 9.78 Å². The molecule has 2 aliphatic rings. The lowest BCUT2D eigenvalue weighted by Gasteiger charge is -2.28. The normalized spacial score (nSPS) is 20.4. The second-order valence-corrected chi connectivity index (χ2v) is 7.90. The third-order valence-electron chi connectivity index (χ3n) is 5.91. The number of aryl methyl sites for hydroxylation is 2. The topological polar surface area (TPSA) is 71.8 Å². The molecule has 3 heterocycles. The van der Waals surface area contributed by atoms with Crippen molar-refractivity contribution >= 4 is 6.03 Å². The Balaban J connectivity index is 1.23. The van der Waals surface area contributed by atoms with Crippen molar-refractivity contribution in [3.05, 3.63) is 71.9 Å². The van der Waals surface area contributed by atoms with Gasteiger partial charge in [-0.1, -0.05) is 36.4 Å². The quantitative estimate of drug-likeness (QED) is 0.721. The van der Waals surface area contributed by atoms with E-state index in [0.717, 1.165) is 67.0 Å². The van der Waals surface area contributed by atoms with Gasteiger partial charge < -0.3 is 15.2 Å². The van der Waals surface area contributed by atoms with Crippen LogP contribution in [-0.2, 0) is 19.4 Å². The van der Waals surface area contributed by atoms with Gasteiger partial charge in [0, 0.05) is 42.7 Å². The lowest BCUT2D eigenvalue weighted by Crippen LogP contribution is -2.47. The smallest absolute Gasteiger partial charge is 0.315 e. The van der Waals surface area contributed by atoms with Crippen LogP contribution in [0, 0.1) is 0 Å². The first-order valence-electron chi connectivity index (χ1n) is 10.4. The zero-order valence-electron chi connectivity index (χ0n) is 16.3. The Labute approximate surface area is 170 Å². The molecular formula is C23H25N5O. The van der Waals surface area contributed by atoms with Gasteiger partial charge in [0.05, 0.1) is 11.7 Å². The molecule has 3 aromatic rings. The summed E-state index contributed by atoms with van der Waals surface area (Å²) in [5, 5.41) is 6.33. The van der Waals surface area contributed by atoms with E-state index in [0.29, 0.717) is 0 Å². The molecule has 2 N–H and O–H groups in total. The van der Waals surface area contributed by atoms with E-state index in [1.165, 1.54) is 0 Å². The first-order valence-corrected chi connectivity index (χ1v) is 10.4. The SMILES string of the molecule is O=C(NC1CCc2nc(-c3ccccc3)cn2C1)NC1CCCc2ncccc21. The van der Waals surface area contributed by atoms with E-state index in [4.69, 9.17) is 4.98 Å². The highest BCUT2D eigenvalue weighted by molar-refractivity contribution is 5.75. The summed E-state index contributed by atoms with van der Waals surface area (Å²) in [7, 11) is 0. The van der Waals surface area contributed by atoms with Gasteiger partial charge in [-0.2, -0.15) is 0 Å². The van der Waals surface area contributed by atoms with E-state index in [9.17, 15) is 4.79 Å². The Morgan fingerprint density at radius 2 is 1.93 bits per heavy atom. The maximum absolute atomic E-state index is 12.7. The number of hydrogen-bond acceptors (Lipinski definition) is 3. The molecular weight excluding hydrogens is 362 g/mol. The minimum absolute atomic E-state index is 0.0459. The maximum atomic E-state index is 12.7. The standard InChI is InChI=1S/C23H25N5O/c29-23(27-20-10-4-9-19-18(20)8-5-13-24-19)25-17-11-12-22-26-21(15-28(22)14-17)16-6-2-1-3-7-16/h1-3,5-8,13,15,17,20H,4,9-12,14H2,(H2,25,27,29). The number of nitrogens with one attached hydrogen (secondary N) is 2. The molecule has 6 nitrogen and oxygen atoms in total. The first kappa shape index (κ1) is 17.9. The van der Waals surface area contributed by atoms with E-state index in [-0.39, 0.29) is 18.1 Å². The predicted molar refractivity (Wildman–Crippen MR) is 111 cm³/mol. The third-order valence-corrected chi connectivity index (χ3v) is 5.91. The number of nitrogens with zero attached hydrogens (tertiary/aromatic N) is 3. The van der Waals surface area contributed by atoms with E-state index >= 15 is 0 Å². The summed E-state index contributed by atoms with van der Waals surface area (Å²) in [4.78, 5) is 21.9. The van der Waals surface area contributed by atoms with Crippen molar-refractivity contribution in [1.82, 2.24) is 25.2 Å². The average molecular weight is 387 g/mol. The summed E-state index contributed by atoms with van der Waals surface area (Å²) in [6.45, 7) is 0.755. The average Bonchev–Trinajstić information content (AvgIpc) is 3.18. The molecule has 0 bridgehead atoms. The molecule has 2 aromatic heterocycles. The molecule has 0 fully saturated rings. The lowest BCUT2D eigenvalue weighted by atomic mass is 9.91. The number of aromatic nitrogens is 3. The summed E-state index contributed by atoms with van der Waals surface area (Å²) in [6.07, 6.45) is 8.71. The molecule has 1 aliphatic heterocycles. The Hall–Kier alpha value is -3.15. The summed E-state index contributed by atoms with van der Waals surface area (Å²) >= 11 is 0. The molecule has 2 amide bonds. The Kier molecular flexibility index (Phi) is 4.76. The largest absolute Gasteiger partial charge is 0.334 e. The Bertz CT molecular complexity index is 1010. The Morgan fingerprint density at radius 1 is 1.03 bits per heavy atom. The highest BCUT2D eigenvalue weighted by Gasteiger charge is 2.25. The predicted octanol–water partition coefficient (Wildman–Crippen LogP) is 3.64. The van der Waals surface area contributed by atoms with Crippen molar-refractivity contribution < 1.29 is 4.79 Å². The first-order chi connectivity index (χ1) is 14.3. The molecule has 0 spiro atoms. The van der Waals surface area contributed by atoms with E-state index in [1.54, 1.807) is 0 Å². The number of imidazole rings is 1. The van der Waals surface area contributed by atoms with E-state index in [2.05, 4.69) is 44.6 Å². The minimum Gasteiger partial charge on any atom is -0.334 e. The second kappa shape index (κ2) is 7.70. The fraction of sp³-hybridized carbons (Fsp3) is 0.348. The van der Waals surface area contributed by atoms with Gasteiger partial charge in [0.15, 0.2) is 0 Å². The van der Waals surface area contributed by atoms with Crippen LogP contribution in [0.5, 0.6) is 0 Å². The number of amides is 2. The van der Waals surface area contributed by atoms with Gasteiger partial charge in [0.25, 0.3) is 0 Å². The van der Waals surface area contributed by atoms with Crippen LogP contribution in [0.2, 0.25) is 0 Å². The number of carbonyl (C=O) groups is 1. The number of pyridine rings is 1. The zero-order valence-corrected chi connectivity index (χ0v) is 16.3. The number of carbonyl (C=O) groups excluding carboxylic acids is 1. The summed E-state index contributed by atoms with van der Waals surface area (Å²) < 4.78 is 2.18. The molecule has 29 heavy (non-hydrogen) atoms. The minimum atomic E-state index is -0.0939. The van der Waals surface area contributed by atoms with Crippen molar-refractivity contribution in [2.24, 2.45) is 0 Å².